The number of hydrogen-bond donors (Lipinski definition) is 2. The summed E-state index contributed by atoms with van der Waals surface area (Å²) in [6.45, 7) is 0.182. The molecule has 0 unspecified atom stereocenters. The molecule has 2 aliphatic rings. The van der Waals surface area contributed by atoms with Gasteiger partial charge in [-0.25, -0.2) is 8.78 Å². The molecule has 156 valence electrons. The predicted octanol–water partition coefficient (Wildman–Crippen LogP) is 3.87. The molecule has 7 heteroatoms. The fourth-order valence-corrected chi connectivity index (χ4v) is 4.88. The van der Waals surface area contributed by atoms with Gasteiger partial charge in [0.25, 0.3) is 0 Å². The number of fused-ring (bicyclic) bond motifs is 2. The zero-order valence-corrected chi connectivity index (χ0v) is 17.0. The number of amides is 1. The van der Waals surface area contributed by atoms with Crippen molar-refractivity contribution in [3.63, 3.8) is 0 Å². The first-order valence-corrected chi connectivity index (χ1v) is 9.70. The van der Waals surface area contributed by atoms with Gasteiger partial charge in [0.05, 0.1) is 23.2 Å². The lowest BCUT2D eigenvalue weighted by molar-refractivity contribution is -0.124. The second-order valence-electron chi connectivity index (χ2n) is 7.73. The highest BCUT2D eigenvalue weighted by Crippen LogP contribution is 2.54. The molecule has 0 radical (unpaired) electrons. The Morgan fingerprint density at radius 3 is 2.52 bits per heavy atom. The lowest BCUT2D eigenvalue weighted by atomic mass is 9.80. The molecule has 4 rings (SSSR count). The zero-order chi connectivity index (χ0) is 19.9. The molecule has 1 amide bonds. The van der Waals surface area contributed by atoms with Gasteiger partial charge < -0.3 is 10.4 Å². The Morgan fingerprint density at radius 1 is 1.17 bits per heavy atom. The van der Waals surface area contributed by atoms with E-state index in [0.717, 1.165) is 12.8 Å². The molecule has 1 fully saturated rings. The topological polar surface area (TPSA) is 52.6 Å². The van der Waals surface area contributed by atoms with Gasteiger partial charge in [-0.05, 0) is 49.2 Å². The van der Waals surface area contributed by atoms with E-state index in [1.54, 1.807) is 19.2 Å². The summed E-state index contributed by atoms with van der Waals surface area (Å²) in [5.74, 6) is -1.16. The van der Waals surface area contributed by atoms with Gasteiger partial charge in [-0.15, -0.1) is 12.4 Å². The highest BCUT2D eigenvalue weighted by Gasteiger charge is 2.55. The van der Waals surface area contributed by atoms with Gasteiger partial charge in [0, 0.05) is 6.54 Å². The summed E-state index contributed by atoms with van der Waals surface area (Å²) in [5, 5.41) is 13.8. The Labute approximate surface area is 175 Å². The van der Waals surface area contributed by atoms with Crippen LogP contribution in [-0.2, 0) is 10.2 Å². The molecule has 2 N–H and O–H groups in total. The number of para-hydroxylation sites is 1. The van der Waals surface area contributed by atoms with Crippen LogP contribution < -0.4 is 10.2 Å². The van der Waals surface area contributed by atoms with Crippen LogP contribution in [0.2, 0.25) is 0 Å². The molecule has 0 bridgehead atoms. The van der Waals surface area contributed by atoms with Crippen molar-refractivity contribution in [2.75, 3.05) is 18.5 Å². The molecule has 1 spiro atoms. The number of nitrogens with one attached hydrogen (secondary N) is 1. The molecule has 2 aromatic rings. The van der Waals surface area contributed by atoms with Crippen molar-refractivity contribution in [3.05, 3.63) is 65.2 Å². The van der Waals surface area contributed by atoms with Crippen molar-refractivity contribution >= 4 is 24.0 Å². The van der Waals surface area contributed by atoms with E-state index in [-0.39, 0.29) is 30.5 Å². The number of likely N-dealkylation sites (N-methyl/N-ethyl adjacent to an activating group) is 1. The van der Waals surface area contributed by atoms with Crippen LogP contribution in [-0.4, -0.2) is 30.7 Å². The number of carbonyl (C=O) groups is 1. The number of nitrogens with zero attached hydrogens (tertiary/aromatic N) is 1. The number of halogens is 3. The lowest BCUT2D eigenvalue weighted by Crippen LogP contribution is -2.46. The number of benzene rings is 2. The summed E-state index contributed by atoms with van der Waals surface area (Å²) in [6.07, 6.45) is 2.10. The van der Waals surface area contributed by atoms with Crippen LogP contribution >= 0.6 is 12.4 Å². The summed E-state index contributed by atoms with van der Waals surface area (Å²) in [5.41, 5.74) is 0.606. The van der Waals surface area contributed by atoms with Crippen LogP contribution in [0.25, 0.3) is 0 Å². The Hall–Kier alpha value is -2.02. The second-order valence-corrected chi connectivity index (χ2v) is 7.73. The third kappa shape index (κ3) is 3.43. The van der Waals surface area contributed by atoms with Crippen LogP contribution in [0.4, 0.5) is 14.5 Å². The van der Waals surface area contributed by atoms with E-state index in [4.69, 9.17) is 0 Å². The predicted molar refractivity (Wildman–Crippen MR) is 110 cm³/mol. The van der Waals surface area contributed by atoms with Crippen LogP contribution in [0.5, 0.6) is 0 Å². The lowest BCUT2D eigenvalue weighted by Gasteiger charge is -2.34. The number of aliphatic hydroxyl groups excluding tert-OH is 1. The van der Waals surface area contributed by atoms with E-state index < -0.39 is 29.2 Å². The molecule has 0 saturated heterocycles. The van der Waals surface area contributed by atoms with Crippen molar-refractivity contribution in [3.8, 4) is 0 Å². The van der Waals surface area contributed by atoms with E-state index in [9.17, 15) is 18.7 Å². The van der Waals surface area contributed by atoms with Gasteiger partial charge >= 0.3 is 0 Å². The summed E-state index contributed by atoms with van der Waals surface area (Å²) >= 11 is 0. The van der Waals surface area contributed by atoms with Crippen molar-refractivity contribution in [2.24, 2.45) is 0 Å². The van der Waals surface area contributed by atoms with Gasteiger partial charge in [-0.1, -0.05) is 37.1 Å². The van der Waals surface area contributed by atoms with Crippen molar-refractivity contribution in [2.45, 2.75) is 43.2 Å². The maximum absolute atomic E-state index is 15.0. The molecule has 1 aliphatic heterocycles. The van der Waals surface area contributed by atoms with Crippen LogP contribution in [0.15, 0.2) is 42.5 Å². The molecule has 2 atom stereocenters. The molecule has 2 aromatic carbocycles. The highest BCUT2D eigenvalue weighted by atomic mass is 35.5. The van der Waals surface area contributed by atoms with Gasteiger partial charge in [0.1, 0.15) is 11.6 Å². The number of rotatable bonds is 5. The molecule has 1 heterocycles. The van der Waals surface area contributed by atoms with E-state index in [0.29, 0.717) is 24.0 Å². The molecular weight excluding hydrogens is 398 g/mol. The van der Waals surface area contributed by atoms with Crippen molar-refractivity contribution in [1.82, 2.24) is 5.32 Å². The quantitative estimate of drug-likeness (QED) is 0.769. The van der Waals surface area contributed by atoms with Crippen LogP contribution in [0.3, 0.4) is 0 Å². The first-order valence-electron chi connectivity index (χ1n) is 9.70. The fourth-order valence-electron chi connectivity index (χ4n) is 4.88. The monoisotopic (exact) mass is 422 g/mol. The molecule has 4 nitrogen and oxygen atoms in total. The average Bonchev–Trinajstić information content (AvgIpc) is 3.24. The SMILES string of the molecule is CNC[C@@H](O)[C@H](c1cccc(F)c1)N1C(=O)C2(CCCC2)c2cccc(F)c21.Cl. The maximum Gasteiger partial charge on any atom is 0.238 e. The molecule has 1 aliphatic carbocycles. The van der Waals surface area contributed by atoms with E-state index in [1.807, 2.05) is 6.07 Å². The van der Waals surface area contributed by atoms with Gasteiger partial charge in [0.2, 0.25) is 5.91 Å². The molecule has 1 saturated carbocycles. The van der Waals surface area contributed by atoms with Crippen molar-refractivity contribution < 1.29 is 18.7 Å². The molecular formula is C22H25ClF2N2O2. The largest absolute Gasteiger partial charge is 0.389 e. The van der Waals surface area contributed by atoms with E-state index in [2.05, 4.69) is 5.32 Å². The van der Waals surface area contributed by atoms with Gasteiger partial charge in [-0.2, -0.15) is 0 Å². The minimum atomic E-state index is -1.03. The third-order valence-corrected chi connectivity index (χ3v) is 6.07. The van der Waals surface area contributed by atoms with Crippen LogP contribution in [0, 0.1) is 11.6 Å². The molecule has 0 aromatic heterocycles. The van der Waals surface area contributed by atoms with Gasteiger partial charge in [-0.3, -0.25) is 9.69 Å². The zero-order valence-electron chi connectivity index (χ0n) is 16.2. The van der Waals surface area contributed by atoms with Crippen molar-refractivity contribution in [1.29, 1.82) is 0 Å². The number of carbonyl (C=O) groups excluding carboxylic acids is 1. The number of aliphatic hydroxyl groups is 1. The third-order valence-electron chi connectivity index (χ3n) is 6.07. The smallest absolute Gasteiger partial charge is 0.238 e. The summed E-state index contributed by atoms with van der Waals surface area (Å²) in [7, 11) is 1.69. The maximum atomic E-state index is 15.0. The molecule has 29 heavy (non-hydrogen) atoms. The Bertz CT molecular complexity index is 902. The first-order chi connectivity index (χ1) is 13.5. The van der Waals surface area contributed by atoms with E-state index in [1.165, 1.54) is 29.2 Å². The summed E-state index contributed by atoms with van der Waals surface area (Å²) in [6, 6.07) is 9.71. The minimum Gasteiger partial charge on any atom is -0.389 e. The standard InChI is InChI=1S/C22H24F2N2O2.ClH/c1-25-13-18(27)19(14-6-4-7-15(23)12-14)26-20-16(8-5-9-17(20)24)22(21(26)28)10-2-3-11-22;/h4-9,12,18-19,25,27H,2-3,10-11,13H2,1H3;1H/t18-,19+;/m1./s1. The van der Waals surface area contributed by atoms with Crippen LogP contribution in [0.1, 0.15) is 42.9 Å². The van der Waals surface area contributed by atoms with E-state index >= 15 is 0 Å². The Morgan fingerprint density at radius 2 is 1.86 bits per heavy atom. The second kappa shape index (κ2) is 8.38. The summed E-state index contributed by atoms with van der Waals surface area (Å²) in [4.78, 5) is 15.1. The minimum absolute atomic E-state index is 0. The Kier molecular flexibility index (Phi) is 6.27. The number of anilines is 1. The normalized spacial score (nSPS) is 19.2. The average molecular weight is 423 g/mol. The number of hydrogen-bond acceptors (Lipinski definition) is 3. The van der Waals surface area contributed by atoms with Gasteiger partial charge in [0.15, 0.2) is 0 Å². The Balaban J connectivity index is 0.00000240. The highest BCUT2D eigenvalue weighted by molar-refractivity contribution is 6.09. The first kappa shape index (κ1) is 21.7. The summed E-state index contributed by atoms with van der Waals surface area (Å²) < 4.78 is 28.9. The fraction of sp³-hybridized carbons (Fsp3) is 0.409.